The van der Waals surface area contributed by atoms with E-state index in [-0.39, 0.29) is 5.91 Å². The fourth-order valence-corrected chi connectivity index (χ4v) is 3.41. The van der Waals surface area contributed by atoms with Gasteiger partial charge in [-0.15, -0.1) is 0 Å². The summed E-state index contributed by atoms with van der Waals surface area (Å²) in [5.41, 5.74) is 2.66. The Kier molecular flexibility index (Phi) is 5.54. The standard InChI is InChI=1S/C22H20ClN5O2/c1-28-10-9-24-21(28)20(15-6-4-8-17(12-15)30-2)25-22(29)19-13-18(26-27-19)14-5-3-7-16(23)11-14/h3-13,20H,1-2H3,(H,25,29)(H,26,27). The van der Waals surface area contributed by atoms with Gasteiger partial charge in [0, 0.05) is 30.0 Å². The Labute approximate surface area is 178 Å². The average Bonchev–Trinajstić information content (AvgIpc) is 3.41. The van der Waals surface area contributed by atoms with Gasteiger partial charge in [-0.1, -0.05) is 35.9 Å². The number of carbonyl (C=O) groups excluding carboxylic acids is 1. The van der Waals surface area contributed by atoms with Crippen molar-refractivity contribution < 1.29 is 9.53 Å². The maximum Gasteiger partial charge on any atom is 0.270 e. The van der Waals surface area contributed by atoms with Crippen molar-refractivity contribution in [2.75, 3.05) is 7.11 Å². The Balaban J connectivity index is 1.63. The predicted molar refractivity (Wildman–Crippen MR) is 115 cm³/mol. The van der Waals surface area contributed by atoms with E-state index in [4.69, 9.17) is 16.3 Å². The maximum atomic E-state index is 13.0. The van der Waals surface area contributed by atoms with Crippen molar-refractivity contribution in [2.45, 2.75) is 6.04 Å². The van der Waals surface area contributed by atoms with Gasteiger partial charge >= 0.3 is 0 Å². The Bertz CT molecular complexity index is 1180. The summed E-state index contributed by atoms with van der Waals surface area (Å²) in [6.07, 6.45) is 3.53. The number of H-pyrrole nitrogens is 1. The zero-order chi connectivity index (χ0) is 21.1. The molecule has 30 heavy (non-hydrogen) atoms. The number of nitrogens with zero attached hydrogens (tertiary/aromatic N) is 3. The molecule has 1 unspecified atom stereocenters. The van der Waals surface area contributed by atoms with E-state index in [0.29, 0.717) is 28.0 Å². The Morgan fingerprint density at radius 1 is 1.20 bits per heavy atom. The van der Waals surface area contributed by atoms with E-state index in [0.717, 1.165) is 11.1 Å². The predicted octanol–water partition coefficient (Wildman–Crippen LogP) is 3.99. The molecule has 0 saturated heterocycles. The summed E-state index contributed by atoms with van der Waals surface area (Å²) < 4.78 is 7.21. The van der Waals surface area contributed by atoms with Crippen LogP contribution in [0.3, 0.4) is 0 Å². The van der Waals surface area contributed by atoms with E-state index in [1.165, 1.54) is 0 Å². The molecule has 2 aromatic carbocycles. The van der Waals surface area contributed by atoms with E-state index in [2.05, 4.69) is 20.5 Å². The highest BCUT2D eigenvalue weighted by Gasteiger charge is 2.23. The smallest absolute Gasteiger partial charge is 0.270 e. The SMILES string of the molecule is COc1cccc(C(NC(=O)c2cc(-c3cccc(Cl)c3)n[nH]2)c2nccn2C)c1. The van der Waals surface area contributed by atoms with Crippen LogP contribution in [-0.2, 0) is 7.05 Å². The van der Waals surface area contributed by atoms with Crippen LogP contribution in [-0.4, -0.2) is 32.8 Å². The number of carbonyl (C=O) groups is 1. The van der Waals surface area contributed by atoms with Crippen LogP contribution in [0.25, 0.3) is 11.3 Å². The molecule has 7 nitrogen and oxygen atoms in total. The highest BCUT2D eigenvalue weighted by atomic mass is 35.5. The minimum atomic E-state index is -0.467. The van der Waals surface area contributed by atoms with Crippen LogP contribution in [0.15, 0.2) is 67.0 Å². The van der Waals surface area contributed by atoms with Crippen molar-refractivity contribution in [1.82, 2.24) is 25.1 Å². The first-order valence-corrected chi connectivity index (χ1v) is 9.66. The number of nitrogens with one attached hydrogen (secondary N) is 2. The minimum Gasteiger partial charge on any atom is -0.497 e. The lowest BCUT2D eigenvalue weighted by molar-refractivity contribution is 0.0936. The summed E-state index contributed by atoms with van der Waals surface area (Å²) in [4.78, 5) is 17.4. The largest absolute Gasteiger partial charge is 0.497 e. The van der Waals surface area contributed by atoms with E-state index in [9.17, 15) is 4.79 Å². The molecule has 1 atom stereocenters. The zero-order valence-corrected chi connectivity index (χ0v) is 17.2. The molecule has 2 N–H and O–H groups in total. The molecule has 2 heterocycles. The quantitative estimate of drug-likeness (QED) is 0.493. The van der Waals surface area contributed by atoms with Crippen LogP contribution in [0.1, 0.15) is 27.9 Å². The fourth-order valence-electron chi connectivity index (χ4n) is 3.22. The molecule has 0 radical (unpaired) electrons. The highest BCUT2D eigenvalue weighted by molar-refractivity contribution is 6.30. The molecule has 8 heteroatoms. The number of rotatable bonds is 6. The van der Waals surface area contributed by atoms with Crippen molar-refractivity contribution in [2.24, 2.45) is 7.05 Å². The number of ether oxygens (including phenoxy) is 1. The van der Waals surface area contributed by atoms with Gasteiger partial charge in [0.25, 0.3) is 5.91 Å². The Morgan fingerprint density at radius 2 is 2.03 bits per heavy atom. The molecule has 0 bridgehead atoms. The third kappa shape index (κ3) is 4.06. The van der Waals surface area contributed by atoms with E-state index in [1.807, 2.05) is 54.2 Å². The molecule has 0 spiro atoms. The van der Waals surface area contributed by atoms with Gasteiger partial charge in [0.05, 0.1) is 12.8 Å². The van der Waals surface area contributed by atoms with Gasteiger partial charge in [0.15, 0.2) is 0 Å². The van der Waals surface area contributed by atoms with Crippen LogP contribution >= 0.6 is 11.6 Å². The van der Waals surface area contributed by atoms with Crippen molar-refractivity contribution in [1.29, 1.82) is 0 Å². The van der Waals surface area contributed by atoms with E-state index in [1.54, 1.807) is 31.5 Å². The van der Waals surface area contributed by atoms with Gasteiger partial charge in [-0.3, -0.25) is 9.89 Å². The normalized spacial score (nSPS) is 11.8. The van der Waals surface area contributed by atoms with Gasteiger partial charge in [-0.2, -0.15) is 5.10 Å². The first-order chi connectivity index (χ1) is 14.5. The van der Waals surface area contributed by atoms with Gasteiger partial charge in [0.1, 0.15) is 23.3 Å². The number of amides is 1. The number of halogens is 1. The molecule has 0 fully saturated rings. The molecule has 0 aliphatic heterocycles. The number of hydrogen-bond donors (Lipinski definition) is 2. The lowest BCUT2D eigenvalue weighted by Gasteiger charge is -2.19. The minimum absolute atomic E-state index is 0.299. The molecule has 1 amide bonds. The zero-order valence-electron chi connectivity index (χ0n) is 16.5. The van der Waals surface area contributed by atoms with E-state index >= 15 is 0 Å². The summed E-state index contributed by atoms with van der Waals surface area (Å²) in [6, 6.07) is 16.1. The van der Waals surface area contributed by atoms with Crippen LogP contribution in [0.5, 0.6) is 5.75 Å². The lowest BCUT2D eigenvalue weighted by Crippen LogP contribution is -2.31. The van der Waals surface area contributed by atoms with Crippen molar-refractivity contribution in [3.63, 3.8) is 0 Å². The lowest BCUT2D eigenvalue weighted by atomic mass is 10.1. The van der Waals surface area contributed by atoms with Gasteiger partial charge in [-0.25, -0.2) is 4.98 Å². The summed E-state index contributed by atoms with van der Waals surface area (Å²) in [5.74, 6) is 1.10. The molecule has 152 valence electrons. The molecular weight excluding hydrogens is 402 g/mol. The third-order valence-corrected chi connectivity index (χ3v) is 5.00. The summed E-state index contributed by atoms with van der Waals surface area (Å²) in [6.45, 7) is 0. The van der Waals surface area contributed by atoms with Crippen LogP contribution in [0.2, 0.25) is 5.02 Å². The summed E-state index contributed by atoms with van der Waals surface area (Å²) in [7, 11) is 3.49. The number of aromatic amines is 1. The third-order valence-electron chi connectivity index (χ3n) is 4.76. The molecular formula is C22H20ClN5O2. The number of hydrogen-bond acceptors (Lipinski definition) is 4. The number of imidazole rings is 1. The Hall–Kier alpha value is -3.58. The van der Waals surface area contributed by atoms with Crippen LogP contribution < -0.4 is 10.1 Å². The van der Waals surface area contributed by atoms with Crippen LogP contribution in [0, 0.1) is 0 Å². The molecule has 0 aliphatic carbocycles. The number of aryl methyl sites for hydroxylation is 1. The fraction of sp³-hybridized carbons (Fsp3) is 0.136. The second-order valence-electron chi connectivity index (χ2n) is 6.76. The number of aromatic nitrogens is 4. The molecule has 4 aromatic rings. The first kappa shape index (κ1) is 19.7. The molecule has 0 saturated carbocycles. The topological polar surface area (TPSA) is 84.8 Å². The van der Waals surface area contributed by atoms with Crippen LogP contribution in [0.4, 0.5) is 0 Å². The van der Waals surface area contributed by atoms with Crippen molar-refractivity contribution >= 4 is 17.5 Å². The highest BCUT2D eigenvalue weighted by Crippen LogP contribution is 2.25. The molecule has 0 aliphatic rings. The Morgan fingerprint density at radius 3 is 2.77 bits per heavy atom. The molecule has 2 aromatic heterocycles. The van der Waals surface area contributed by atoms with E-state index < -0.39 is 6.04 Å². The second kappa shape index (κ2) is 8.42. The number of methoxy groups -OCH3 is 1. The van der Waals surface area contributed by atoms with Gasteiger partial charge in [0.2, 0.25) is 0 Å². The number of benzene rings is 2. The van der Waals surface area contributed by atoms with Gasteiger partial charge in [-0.05, 0) is 35.9 Å². The maximum absolute atomic E-state index is 13.0. The van der Waals surface area contributed by atoms with Crippen molar-refractivity contribution in [3.8, 4) is 17.0 Å². The first-order valence-electron chi connectivity index (χ1n) is 9.28. The monoisotopic (exact) mass is 421 g/mol. The summed E-state index contributed by atoms with van der Waals surface area (Å²) in [5, 5.41) is 10.7. The van der Waals surface area contributed by atoms with Crippen molar-refractivity contribution in [3.05, 3.63) is 89.1 Å². The second-order valence-corrected chi connectivity index (χ2v) is 7.19. The summed E-state index contributed by atoms with van der Waals surface area (Å²) >= 11 is 6.06. The average molecular weight is 422 g/mol. The molecule has 4 rings (SSSR count). The van der Waals surface area contributed by atoms with Gasteiger partial charge < -0.3 is 14.6 Å².